The topological polar surface area (TPSA) is 64.0 Å². The van der Waals surface area contributed by atoms with E-state index in [0.29, 0.717) is 12.1 Å². The van der Waals surface area contributed by atoms with Gasteiger partial charge in [0.2, 0.25) is 0 Å². The molecule has 0 aliphatic rings. The highest BCUT2D eigenvalue weighted by Crippen LogP contribution is 2.13. The molecule has 1 aromatic heterocycles. The van der Waals surface area contributed by atoms with Crippen molar-refractivity contribution in [2.75, 3.05) is 6.54 Å². The molecule has 116 valence electrons. The summed E-state index contributed by atoms with van der Waals surface area (Å²) < 4.78 is 1.70. The van der Waals surface area contributed by atoms with E-state index in [4.69, 9.17) is 0 Å². The van der Waals surface area contributed by atoms with Crippen molar-refractivity contribution in [3.63, 3.8) is 0 Å². The van der Waals surface area contributed by atoms with Gasteiger partial charge in [-0.1, -0.05) is 51.1 Å². The van der Waals surface area contributed by atoms with E-state index in [0.717, 1.165) is 5.56 Å². The van der Waals surface area contributed by atoms with E-state index in [2.05, 4.69) is 10.4 Å². The molecule has 5 heteroatoms. The Kier molecular flexibility index (Phi) is 4.75. The van der Waals surface area contributed by atoms with Crippen LogP contribution in [0.4, 0.5) is 0 Å². The van der Waals surface area contributed by atoms with Gasteiger partial charge < -0.3 is 5.32 Å². The summed E-state index contributed by atoms with van der Waals surface area (Å²) in [6, 6.07) is 9.89. The maximum atomic E-state index is 12.0. The fourth-order valence-electron chi connectivity index (χ4n) is 1.87. The first kappa shape index (κ1) is 15.9. The van der Waals surface area contributed by atoms with Crippen molar-refractivity contribution < 1.29 is 9.59 Å². The number of ketones is 1. The Bertz CT molecular complexity index is 654. The monoisotopic (exact) mass is 299 g/mol. The number of benzene rings is 1. The molecule has 5 nitrogen and oxygen atoms in total. The highest BCUT2D eigenvalue weighted by Gasteiger charge is 2.21. The molecule has 0 unspecified atom stereocenters. The van der Waals surface area contributed by atoms with Crippen LogP contribution in [0.2, 0.25) is 0 Å². The Morgan fingerprint density at radius 2 is 1.86 bits per heavy atom. The third-order valence-electron chi connectivity index (χ3n) is 3.33. The van der Waals surface area contributed by atoms with Crippen LogP contribution in [0.25, 0.3) is 0 Å². The molecule has 2 aromatic rings. The molecule has 0 radical (unpaired) electrons. The van der Waals surface area contributed by atoms with E-state index in [1.807, 2.05) is 51.1 Å². The van der Waals surface area contributed by atoms with Crippen LogP contribution < -0.4 is 5.32 Å². The molecule has 1 aromatic carbocycles. The van der Waals surface area contributed by atoms with Crippen LogP contribution in [0.1, 0.15) is 36.7 Å². The van der Waals surface area contributed by atoms with Crippen molar-refractivity contribution in [2.24, 2.45) is 5.41 Å². The quantitative estimate of drug-likeness (QED) is 0.921. The largest absolute Gasteiger partial charge is 0.345 e. The lowest BCUT2D eigenvalue weighted by Gasteiger charge is -2.16. The van der Waals surface area contributed by atoms with Gasteiger partial charge in [-0.15, -0.1) is 0 Å². The number of rotatable bonds is 5. The molecular weight excluding hydrogens is 278 g/mol. The molecule has 0 aliphatic carbocycles. The molecule has 0 bridgehead atoms. The minimum atomic E-state index is -0.454. The molecule has 0 atom stereocenters. The summed E-state index contributed by atoms with van der Waals surface area (Å²) in [5.41, 5.74) is 1.11. The van der Waals surface area contributed by atoms with Crippen LogP contribution in [-0.4, -0.2) is 28.0 Å². The molecule has 0 aliphatic heterocycles. The summed E-state index contributed by atoms with van der Waals surface area (Å²) in [7, 11) is 0. The highest BCUT2D eigenvalue weighted by atomic mass is 16.2. The van der Waals surface area contributed by atoms with Gasteiger partial charge >= 0.3 is 0 Å². The maximum Gasteiger partial charge on any atom is 0.254 e. The third-order valence-corrected chi connectivity index (χ3v) is 3.33. The van der Waals surface area contributed by atoms with Crippen molar-refractivity contribution in [1.82, 2.24) is 15.1 Å². The van der Waals surface area contributed by atoms with E-state index in [1.54, 1.807) is 10.9 Å². The standard InChI is InChI=1S/C17H21N3O2/c1-17(2,3)15(21)10-18-16(22)14-9-19-20(12-14)11-13-7-5-4-6-8-13/h4-9,12H,10-11H2,1-3H3,(H,18,22). The van der Waals surface area contributed by atoms with Gasteiger partial charge in [0.1, 0.15) is 0 Å². The zero-order valence-corrected chi connectivity index (χ0v) is 13.2. The number of nitrogens with one attached hydrogen (secondary N) is 1. The SMILES string of the molecule is CC(C)(C)C(=O)CNC(=O)c1cnn(Cc2ccccc2)c1. The predicted octanol–water partition coefficient (Wildman–Crippen LogP) is 2.28. The number of carbonyl (C=O) groups excluding carboxylic acids is 2. The second-order valence-corrected chi connectivity index (χ2v) is 6.27. The predicted molar refractivity (Wildman–Crippen MR) is 84.6 cm³/mol. The van der Waals surface area contributed by atoms with E-state index < -0.39 is 5.41 Å². The molecule has 0 saturated carbocycles. The molecule has 1 amide bonds. The molecule has 0 fully saturated rings. The molecule has 1 heterocycles. The third kappa shape index (κ3) is 4.28. The van der Waals surface area contributed by atoms with E-state index in [1.165, 1.54) is 6.20 Å². The van der Waals surface area contributed by atoms with Crippen molar-refractivity contribution in [3.05, 3.63) is 53.9 Å². The summed E-state index contributed by atoms with van der Waals surface area (Å²) in [5, 5.41) is 6.82. The van der Waals surface area contributed by atoms with Gasteiger partial charge in [0.25, 0.3) is 5.91 Å². The second-order valence-electron chi connectivity index (χ2n) is 6.27. The Balaban J connectivity index is 1.93. The number of hydrogen-bond donors (Lipinski definition) is 1. The summed E-state index contributed by atoms with van der Waals surface area (Å²) in [6.45, 7) is 6.14. The van der Waals surface area contributed by atoms with E-state index in [-0.39, 0.29) is 18.2 Å². The smallest absolute Gasteiger partial charge is 0.254 e. The Morgan fingerprint density at radius 1 is 1.18 bits per heavy atom. The Morgan fingerprint density at radius 3 is 2.50 bits per heavy atom. The minimum Gasteiger partial charge on any atom is -0.345 e. The Hall–Kier alpha value is -2.43. The normalized spacial score (nSPS) is 11.2. The van der Waals surface area contributed by atoms with Crippen LogP contribution in [-0.2, 0) is 11.3 Å². The number of Topliss-reactive ketones (excluding diaryl/α,β-unsaturated/α-hetero) is 1. The van der Waals surface area contributed by atoms with Gasteiger partial charge in [-0.3, -0.25) is 14.3 Å². The summed E-state index contributed by atoms with van der Waals surface area (Å²) in [5.74, 6) is -0.283. The molecule has 22 heavy (non-hydrogen) atoms. The molecular formula is C17H21N3O2. The van der Waals surface area contributed by atoms with E-state index in [9.17, 15) is 9.59 Å². The Labute approximate surface area is 130 Å². The van der Waals surface area contributed by atoms with Gasteiger partial charge in [-0.05, 0) is 5.56 Å². The van der Waals surface area contributed by atoms with E-state index >= 15 is 0 Å². The van der Waals surface area contributed by atoms with Crippen LogP contribution >= 0.6 is 0 Å². The van der Waals surface area contributed by atoms with Crippen LogP contribution in [0, 0.1) is 5.41 Å². The van der Waals surface area contributed by atoms with Gasteiger partial charge in [-0.25, -0.2) is 0 Å². The van der Waals surface area contributed by atoms with Crippen molar-refractivity contribution >= 4 is 11.7 Å². The minimum absolute atomic E-state index is 0.00229. The van der Waals surface area contributed by atoms with Crippen LogP contribution in [0.15, 0.2) is 42.7 Å². The first-order valence-corrected chi connectivity index (χ1v) is 7.24. The summed E-state index contributed by atoms with van der Waals surface area (Å²) in [6.07, 6.45) is 3.20. The summed E-state index contributed by atoms with van der Waals surface area (Å²) >= 11 is 0. The summed E-state index contributed by atoms with van der Waals surface area (Å²) in [4.78, 5) is 23.8. The van der Waals surface area contributed by atoms with Crippen molar-refractivity contribution in [2.45, 2.75) is 27.3 Å². The average Bonchev–Trinajstić information content (AvgIpc) is 2.93. The first-order chi connectivity index (χ1) is 10.4. The number of nitrogens with zero attached hydrogens (tertiary/aromatic N) is 2. The molecule has 0 spiro atoms. The number of amides is 1. The van der Waals surface area contributed by atoms with Crippen molar-refractivity contribution in [3.8, 4) is 0 Å². The fourth-order valence-corrected chi connectivity index (χ4v) is 1.87. The van der Waals surface area contributed by atoms with Gasteiger partial charge in [0.15, 0.2) is 5.78 Å². The molecule has 1 N–H and O–H groups in total. The molecule has 0 saturated heterocycles. The second kappa shape index (κ2) is 6.56. The van der Waals surface area contributed by atoms with Gasteiger partial charge in [-0.2, -0.15) is 5.10 Å². The van der Waals surface area contributed by atoms with Crippen LogP contribution in [0.3, 0.4) is 0 Å². The van der Waals surface area contributed by atoms with Gasteiger partial charge in [0, 0.05) is 11.6 Å². The zero-order valence-electron chi connectivity index (χ0n) is 13.2. The fraction of sp³-hybridized carbons (Fsp3) is 0.353. The lowest BCUT2D eigenvalue weighted by molar-refractivity contribution is -0.125. The van der Waals surface area contributed by atoms with Crippen molar-refractivity contribution in [1.29, 1.82) is 0 Å². The first-order valence-electron chi connectivity index (χ1n) is 7.24. The number of carbonyl (C=O) groups is 2. The average molecular weight is 299 g/mol. The van der Waals surface area contributed by atoms with Crippen LogP contribution in [0.5, 0.6) is 0 Å². The molecule has 2 rings (SSSR count). The highest BCUT2D eigenvalue weighted by molar-refractivity contribution is 5.97. The lowest BCUT2D eigenvalue weighted by Crippen LogP contribution is -2.35. The lowest BCUT2D eigenvalue weighted by atomic mass is 9.91. The van der Waals surface area contributed by atoms with Gasteiger partial charge in [0.05, 0.1) is 24.8 Å². The maximum absolute atomic E-state index is 12.0. The number of aromatic nitrogens is 2. The number of hydrogen-bond acceptors (Lipinski definition) is 3. The zero-order chi connectivity index (χ0) is 16.2.